The summed E-state index contributed by atoms with van der Waals surface area (Å²) in [6, 6.07) is 0. The molecule has 2 bridgehead atoms. The van der Waals surface area contributed by atoms with Gasteiger partial charge >= 0.3 is 5.97 Å². The minimum absolute atomic E-state index is 0.239. The van der Waals surface area contributed by atoms with Gasteiger partial charge in [-0.2, -0.15) is 0 Å². The number of unbranched alkanes of at least 4 members (excludes halogenated alkanes) is 3. The summed E-state index contributed by atoms with van der Waals surface area (Å²) in [7, 11) is 0. The van der Waals surface area contributed by atoms with Gasteiger partial charge in [0.05, 0.1) is 18.3 Å². The van der Waals surface area contributed by atoms with Crippen molar-refractivity contribution in [3.05, 3.63) is 24.3 Å². The smallest absolute Gasteiger partial charge is 0.303 e. The van der Waals surface area contributed by atoms with Crippen LogP contribution >= 0.6 is 0 Å². The molecule has 0 amide bonds. The van der Waals surface area contributed by atoms with Crippen LogP contribution in [0, 0.1) is 11.8 Å². The fourth-order valence-corrected chi connectivity index (χ4v) is 4.09. The number of carboxylic acid groups (broad SMARTS) is 1. The number of carboxylic acids is 1. The third-order valence-electron chi connectivity index (χ3n) is 5.48. The van der Waals surface area contributed by atoms with Gasteiger partial charge in [0.25, 0.3) is 0 Å². The molecule has 0 radical (unpaired) electrons. The van der Waals surface area contributed by atoms with Crippen LogP contribution in [0.1, 0.15) is 71.1 Å². The zero-order valence-corrected chi connectivity index (χ0v) is 15.5. The second-order valence-corrected chi connectivity index (χ2v) is 7.47. The predicted octanol–water partition coefficient (Wildman–Crippen LogP) is 4.48. The third kappa shape index (κ3) is 6.59. The van der Waals surface area contributed by atoms with Crippen LogP contribution in [0.2, 0.25) is 0 Å². The summed E-state index contributed by atoms with van der Waals surface area (Å²) in [5.41, 5.74) is 0. The molecular formula is C21H34O4. The third-order valence-corrected chi connectivity index (χ3v) is 5.48. The van der Waals surface area contributed by atoms with Crippen LogP contribution in [0.4, 0.5) is 0 Å². The number of aliphatic hydroxyl groups excluding tert-OH is 1. The molecule has 4 heteroatoms. The highest BCUT2D eigenvalue weighted by Crippen LogP contribution is 2.45. The lowest BCUT2D eigenvalue weighted by molar-refractivity contribution is -0.137. The lowest BCUT2D eigenvalue weighted by Gasteiger charge is -2.25. The maximum atomic E-state index is 10.5. The van der Waals surface area contributed by atoms with E-state index in [4.69, 9.17) is 9.84 Å². The zero-order chi connectivity index (χ0) is 18.1. The van der Waals surface area contributed by atoms with Crippen molar-refractivity contribution in [3.8, 4) is 0 Å². The van der Waals surface area contributed by atoms with Gasteiger partial charge in [0.1, 0.15) is 0 Å². The molecule has 2 heterocycles. The van der Waals surface area contributed by atoms with Gasteiger partial charge in [0, 0.05) is 12.3 Å². The quantitative estimate of drug-likeness (QED) is 0.402. The van der Waals surface area contributed by atoms with E-state index in [0.29, 0.717) is 30.5 Å². The van der Waals surface area contributed by atoms with Gasteiger partial charge in [-0.15, -0.1) is 0 Å². The van der Waals surface area contributed by atoms with E-state index in [1.807, 2.05) is 6.08 Å². The molecule has 0 aliphatic carbocycles. The fraction of sp³-hybridized carbons (Fsp3) is 0.762. The van der Waals surface area contributed by atoms with Crippen molar-refractivity contribution in [2.45, 2.75) is 89.4 Å². The molecule has 2 saturated heterocycles. The van der Waals surface area contributed by atoms with Crippen molar-refractivity contribution < 1.29 is 19.7 Å². The molecule has 25 heavy (non-hydrogen) atoms. The molecule has 2 aliphatic rings. The van der Waals surface area contributed by atoms with E-state index in [-0.39, 0.29) is 12.5 Å². The van der Waals surface area contributed by atoms with E-state index in [9.17, 15) is 9.90 Å². The molecule has 142 valence electrons. The highest BCUT2D eigenvalue weighted by molar-refractivity contribution is 5.66. The van der Waals surface area contributed by atoms with Gasteiger partial charge in [0.15, 0.2) is 0 Å². The highest BCUT2D eigenvalue weighted by Gasteiger charge is 2.46. The number of aliphatic hydroxyl groups is 1. The van der Waals surface area contributed by atoms with Crippen molar-refractivity contribution in [2.75, 3.05) is 0 Å². The minimum Gasteiger partial charge on any atom is -0.481 e. The largest absolute Gasteiger partial charge is 0.481 e. The monoisotopic (exact) mass is 350 g/mol. The van der Waals surface area contributed by atoms with Crippen molar-refractivity contribution in [3.63, 3.8) is 0 Å². The number of ether oxygens (including phenoxy) is 1. The first-order valence-electron chi connectivity index (χ1n) is 10.0. The van der Waals surface area contributed by atoms with Crippen molar-refractivity contribution in [1.29, 1.82) is 0 Å². The topological polar surface area (TPSA) is 66.8 Å². The van der Waals surface area contributed by atoms with E-state index < -0.39 is 5.97 Å². The molecule has 5 atom stereocenters. The fourth-order valence-electron chi connectivity index (χ4n) is 4.09. The first-order valence-corrected chi connectivity index (χ1v) is 10.0. The standard InChI is InChI=1S/C21H34O4/c1-2-3-6-9-16(22)12-13-18-17(19-14-15-20(18)25-19)10-7-4-5-8-11-21(23)24/h4,7,12-13,16-20,22H,2-3,5-6,8-11,14-15H2,1H3,(H,23,24)/b7-4-,13-12+/t16-,17?,18?,19?,20?/m0/s1. The number of hydrogen-bond donors (Lipinski definition) is 2. The number of allylic oxidation sites excluding steroid dienone is 2. The van der Waals surface area contributed by atoms with E-state index in [1.54, 1.807) is 0 Å². The second-order valence-electron chi connectivity index (χ2n) is 7.47. The molecule has 2 aliphatic heterocycles. The van der Waals surface area contributed by atoms with E-state index in [0.717, 1.165) is 38.5 Å². The Balaban J connectivity index is 1.78. The zero-order valence-electron chi connectivity index (χ0n) is 15.5. The molecular weight excluding hydrogens is 316 g/mol. The van der Waals surface area contributed by atoms with Gasteiger partial charge in [-0.3, -0.25) is 4.79 Å². The Kier molecular flexibility index (Phi) is 8.70. The van der Waals surface area contributed by atoms with Gasteiger partial charge in [-0.05, 0) is 44.4 Å². The van der Waals surface area contributed by atoms with Gasteiger partial charge < -0.3 is 14.9 Å². The van der Waals surface area contributed by atoms with E-state index >= 15 is 0 Å². The lowest BCUT2D eigenvalue weighted by Crippen LogP contribution is -2.25. The number of aliphatic carboxylic acids is 1. The molecule has 2 rings (SSSR count). The number of hydrogen-bond acceptors (Lipinski definition) is 3. The molecule has 2 fully saturated rings. The normalized spacial score (nSPS) is 29.8. The SMILES string of the molecule is CCCCC[C@H](O)/C=C/C1C2CCC(O2)C1C/C=C\CCCC(=O)O. The predicted molar refractivity (Wildman–Crippen MR) is 99.4 cm³/mol. The summed E-state index contributed by atoms with van der Waals surface area (Å²) in [4.78, 5) is 10.5. The average Bonchev–Trinajstić information content (AvgIpc) is 3.17. The highest BCUT2D eigenvalue weighted by atomic mass is 16.5. The van der Waals surface area contributed by atoms with Crippen molar-refractivity contribution >= 4 is 5.97 Å². The summed E-state index contributed by atoms with van der Waals surface area (Å²) < 4.78 is 6.09. The van der Waals surface area contributed by atoms with Crippen LogP contribution in [0.25, 0.3) is 0 Å². The van der Waals surface area contributed by atoms with Crippen LogP contribution in [0.3, 0.4) is 0 Å². The maximum absolute atomic E-state index is 10.5. The second kappa shape index (κ2) is 10.8. The van der Waals surface area contributed by atoms with Crippen LogP contribution < -0.4 is 0 Å². The summed E-state index contributed by atoms with van der Waals surface area (Å²) >= 11 is 0. The molecule has 0 aromatic heterocycles. The molecule has 2 N–H and O–H groups in total. The molecule has 0 saturated carbocycles. The number of carbonyl (C=O) groups is 1. The average molecular weight is 350 g/mol. The molecule has 4 unspecified atom stereocenters. The molecule has 4 nitrogen and oxygen atoms in total. The Labute approximate surface area is 152 Å². The lowest BCUT2D eigenvalue weighted by atomic mass is 9.77. The van der Waals surface area contributed by atoms with Crippen LogP contribution in [0.5, 0.6) is 0 Å². The van der Waals surface area contributed by atoms with Crippen molar-refractivity contribution in [1.82, 2.24) is 0 Å². The van der Waals surface area contributed by atoms with Gasteiger partial charge in [0.2, 0.25) is 0 Å². The molecule has 0 spiro atoms. The summed E-state index contributed by atoms with van der Waals surface area (Å²) in [5, 5.41) is 18.8. The van der Waals surface area contributed by atoms with E-state index in [2.05, 4.69) is 25.2 Å². The summed E-state index contributed by atoms with van der Waals surface area (Å²) in [5.74, 6) is 0.175. The Bertz CT molecular complexity index is 457. The summed E-state index contributed by atoms with van der Waals surface area (Å²) in [6.07, 6.45) is 18.1. The first kappa shape index (κ1) is 20.2. The summed E-state index contributed by atoms with van der Waals surface area (Å²) in [6.45, 7) is 2.18. The minimum atomic E-state index is -0.724. The Morgan fingerprint density at radius 3 is 2.76 bits per heavy atom. The van der Waals surface area contributed by atoms with Gasteiger partial charge in [-0.25, -0.2) is 0 Å². The molecule has 0 aromatic rings. The van der Waals surface area contributed by atoms with Gasteiger partial charge in [-0.1, -0.05) is 50.5 Å². The molecule has 0 aromatic carbocycles. The van der Waals surface area contributed by atoms with Crippen LogP contribution in [-0.4, -0.2) is 34.5 Å². The Hall–Kier alpha value is -1.13. The van der Waals surface area contributed by atoms with Crippen molar-refractivity contribution in [2.24, 2.45) is 11.8 Å². The van der Waals surface area contributed by atoms with Crippen LogP contribution in [0.15, 0.2) is 24.3 Å². The first-order chi connectivity index (χ1) is 12.1. The number of rotatable bonds is 12. The Morgan fingerprint density at radius 2 is 2.00 bits per heavy atom. The Morgan fingerprint density at radius 1 is 1.20 bits per heavy atom. The van der Waals surface area contributed by atoms with E-state index in [1.165, 1.54) is 12.8 Å². The number of fused-ring (bicyclic) bond motifs is 2. The maximum Gasteiger partial charge on any atom is 0.303 e. The van der Waals surface area contributed by atoms with Crippen LogP contribution in [-0.2, 0) is 9.53 Å².